The predicted octanol–water partition coefficient (Wildman–Crippen LogP) is 4.00. The molecule has 1 unspecified atom stereocenters. The maximum Gasteiger partial charge on any atom is 0.132 e. The molecule has 0 spiro atoms. The summed E-state index contributed by atoms with van der Waals surface area (Å²) in [5, 5.41) is 10.3. The highest BCUT2D eigenvalue weighted by molar-refractivity contribution is 5.36. The predicted molar refractivity (Wildman–Crippen MR) is 77.4 cm³/mol. The molecule has 0 bridgehead atoms. The van der Waals surface area contributed by atoms with Crippen molar-refractivity contribution in [2.24, 2.45) is 0 Å². The summed E-state index contributed by atoms with van der Waals surface area (Å²) < 4.78 is 19.5. The molecule has 2 aromatic carbocycles. The molecule has 2 aromatic rings. The van der Waals surface area contributed by atoms with E-state index in [0.717, 1.165) is 12.2 Å². The lowest BCUT2D eigenvalue weighted by atomic mass is 9.99. The smallest absolute Gasteiger partial charge is 0.132 e. The first-order valence-corrected chi connectivity index (χ1v) is 6.79. The number of aliphatic hydroxyl groups is 1. The van der Waals surface area contributed by atoms with E-state index < -0.39 is 6.10 Å². The van der Waals surface area contributed by atoms with Crippen LogP contribution in [0.25, 0.3) is 0 Å². The van der Waals surface area contributed by atoms with Crippen molar-refractivity contribution in [2.45, 2.75) is 26.4 Å². The Morgan fingerprint density at radius 2 is 1.85 bits per heavy atom. The Morgan fingerprint density at radius 3 is 2.50 bits per heavy atom. The molecule has 3 heteroatoms. The van der Waals surface area contributed by atoms with Gasteiger partial charge in [-0.2, -0.15) is 0 Å². The first kappa shape index (κ1) is 14.5. The molecule has 0 saturated carbocycles. The van der Waals surface area contributed by atoms with Gasteiger partial charge in [-0.05, 0) is 36.6 Å². The number of aryl methyl sites for hydroxylation is 1. The number of hydrogen-bond acceptors (Lipinski definition) is 2. The van der Waals surface area contributed by atoms with Crippen molar-refractivity contribution in [1.82, 2.24) is 0 Å². The van der Waals surface area contributed by atoms with Crippen LogP contribution in [0.1, 0.15) is 36.1 Å². The van der Waals surface area contributed by atoms with Crippen molar-refractivity contribution >= 4 is 0 Å². The molecular formula is C17H19FO2. The van der Waals surface area contributed by atoms with Crippen LogP contribution in [-0.2, 0) is 0 Å². The maximum absolute atomic E-state index is 14.0. The fourth-order valence-corrected chi connectivity index (χ4v) is 2.03. The molecule has 0 heterocycles. The van der Waals surface area contributed by atoms with Crippen molar-refractivity contribution < 1.29 is 14.2 Å². The van der Waals surface area contributed by atoms with Gasteiger partial charge in [0.2, 0.25) is 0 Å². The van der Waals surface area contributed by atoms with Crippen LogP contribution in [0.15, 0.2) is 42.5 Å². The van der Waals surface area contributed by atoms with Gasteiger partial charge >= 0.3 is 0 Å². The molecule has 0 saturated heterocycles. The van der Waals surface area contributed by atoms with Crippen LogP contribution in [-0.4, -0.2) is 11.7 Å². The molecule has 2 rings (SSSR count). The average molecular weight is 274 g/mol. The first-order valence-electron chi connectivity index (χ1n) is 6.79. The van der Waals surface area contributed by atoms with Crippen LogP contribution in [0, 0.1) is 12.7 Å². The van der Waals surface area contributed by atoms with E-state index in [9.17, 15) is 9.50 Å². The quantitative estimate of drug-likeness (QED) is 0.892. The van der Waals surface area contributed by atoms with E-state index in [-0.39, 0.29) is 5.82 Å². The van der Waals surface area contributed by atoms with E-state index in [2.05, 4.69) is 0 Å². The minimum Gasteiger partial charge on any atom is -0.494 e. The molecule has 0 aliphatic rings. The summed E-state index contributed by atoms with van der Waals surface area (Å²) in [5.41, 5.74) is 1.48. The van der Waals surface area contributed by atoms with Crippen LogP contribution >= 0.6 is 0 Å². The Morgan fingerprint density at radius 1 is 1.15 bits per heavy atom. The Balaban J connectivity index is 2.20. The number of hydrogen-bond donors (Lipinski definition) is 1. The van der Waals surface area contributed by atoms with Gasteiger partial charge in [-0.1, -0.05) is 37.3 Å². The summed E-state index contributed by atoms with van der Waals surface area (Å²) in [6.45, 7) is 4.39. The van der Waals surface area contributed by atoms with Crippen molar-refractivity contribution in [3.05, 3.63) is 65.0 Å². The summed E-state index contributed by atoms with van der Waals surface area (Å²) in [6, 6.07) is 12.1. The lowest BCUT2D eigenvalue weighted by molar-refractivity contribution is 0.214. The Bertz CT molecular complexity index is 564. The fourth-order valence-electron chi connectivity index (χ4n) is 2.03. The molecule has 1 atom stereocenters. The molecule has 20 heavy (non-hydrogen) atoms. The van der Waals surface area contributed by atoms with Crippen molar-refractivity contribution in [1.29, 1.82) is 0 Å². The minimum atomic E-state index is -0.963. The second-order valence-corrected chi connectivity index (χ2v) is 4.80. The van der Waals surface area contributed by atoms with E-state index in [1.54, 1.807) is 49.4 Å². The number of halogens is 1. The number of rotatable bonds is 5. The van der Waals surface area contributed by atoms with Gasteiger partial charge in [-0.25, -0.2) is 4.39 Å². The lowest BCUT2D eigenvalue weighted by Gasteiger charge is -2.14. The van der Waals surface area contributed by atoms with Crippen LogP contribution in [0.3, 0.4) is 0 Å². The van der Waals surface area contributed by atoms with E-state index in [1.165, 1.54) is 0 Å². The Labute approximate surface area is 118 Å². The van der Waals surface area contributed by atoms with E-state index in [4.69, 9.17) is 4.74 Å². The van der Waals surface area contributed by atoms with Crippen LogP contribution < -0.4 is 4.74 Å². The molecule has 0 aliphatic carbocycles. The zero-order valence-electron chi connectivity index (χ0n) is 11.8. The Kier molecular flexibility index (Phi) is 4.74. The van der Waals surface area contributed by atoms with Crippen LogP contribution in [0.4, 0.5) is 4.39 Å². The largest absolute Gasteiger partial charge is 0.494 e. The zero-order chi connectivity index (χ0) is 14.5. The van der Waals surface area contributed by atoms with Gasteiger partial charge in [0.25, 0.3) is 0 Å². The standard InChI is InChI=1S/C17H19FO2/c1-3-11-20-14-9-7-13(8-10-14)17(19)15-6-4-5-12(2)16(15)18/h4-10,17,19H,3,11H2,1-2H3. The molecule has 0 aliphatic heterocycles. The molecule has 0 fully saturated rings. The highest BCUT2D eigenvalue weighted by atomic mass is 19.1. The van der Waals surface area contributed by atoms with Gasteiger partial charge in [0.15, 0.2) is 0 Å². The number of ether oxygens (including phenoxy) is 1. The van der Waals surface area contributed by atoms with Gasteiger partial charge in [0.05, 0.1) is 6.61 Å². The normalized spacial score (nSPS) is 12.2. The van der Waals surface area contributed by atoms with Gasteiger partial charge in [-0.15, -0.1) is 0 Å². The second kappa shape index (κ2) is 6.53. The Hall–Kier alpha value is -1.87. The van der Waals surface area contributed by atoms with E-state index >= 15 is 0 Å². The third-order valence-electron chi connectivity index (χ3n) is 3.18. The van der Waals surface area contributed by atoms with Crippen LogP contribution in [0.5, 0.6) is 5.75 Å². The second-order valence-electron chi connectivity index (χ2n) is 4.80. The molecule has 0 aromatic heterocycles. The highest BCUT2D eigenvalue weighted by Gasteiger charge is 2.16. The number of aliphatic hydroxyl groups excluding tert-OH is 1. The summed E-state index contributed by atoms with van der Waals surface area (Å²) in [5.74, 6) is 0.402. The van der Waals surface area contributed by atoms with E-state index in [0.29, 0.717) is 23.3 Å². The fraction of sp³-hybridized carbons (Fsp3) is 0.294. The lowest BCUT2D eigenvalue weighted by Crippen LogP contribution is -2.04. The molecule has 0 radical (unpaired) electrons. The first-order chi connectivity index (χ1) is 9.63. The average Bonchev–Trinajstić information content (AvgIpc) is 2.48. The van der Waals surface area contributed by atoms with Gasteiger partial charge in [-0.3, -0.25) is 0 Å². The van der Waals surface area contributed by atoms with Crippen LogP contribution in [0.2, 0.25) is 0 Å². The topological polar surface area (TPSA) is 29.5 Å². The molecule has 0 amide bonds. The number of benzene rings is 2. The van der Waals surface area contributed by atoms with Gasteiger partial charge in [0.1, 0.15) is 17.7 Å². The van der Waals surface area contributed by atoms with Crippen molar-refractivity contribution in [3.8, 4) is 5.75 Å². The summed E-state index contributed by atoms with van der Waals surface area (Å²) in [4.78, 5) is 0. The molecule has 2 nitrogen and oxygen atoms in total. The molecular weight excluding hydrogens is 255 g/mol. The third-order valence-corrected chi connectivity index (χ3v) is 3.18. The molecule has 106 valence electrons. The van der Waals surface area contributed by atoms with Crippen molar-refractivity contribution in [2.75, 3.05) is 6.61 Å². The monoisotopic (exact) mass is 274 g/mol. The van der Waals surface area contributed by atoms with Crippen molar-refractivity contribution in [3.63, 3.8) is 0 Å². The minimum absolute atomic E-state index is 0.298. The highest BCUT2D eigenvalue weighted by Crippen LogP contribution is 2.27. The zero-order valence-corrected chi connectivity index (χ0v) is 11.8. The van der Waals surface area contributed by atoms with E-state index in [1.807, 2.05) is 6.92 Å². The maximum atomic E-state index is 14.0. The van der Waals surface area contributed by atoms with Gasteiger partial charge < -0.3 is 9.84 Å². The molecule has 1 N–H and O–H groups in total. The third kappa shape index (κ3) is 3.17. The SMILES string of the molecule is CCCOc1ccc(C(O)c2cccc(C)c2F)cc1. The summed E-state index contributed by atoms with van der Waals surface area (Å²) in [7, 11) is 0. The summed E-state index contributed by atoms with van der Waals surface area (Å²) >= 11 is 0. The summed E-state index contributed by atoms with van der Waals surface area (Å²) in [6.07, 6.45) is -0.0195. The van der Waals surface area contributed by atoms with Gasteiger partial charge in [0, 0.05) is 5.56 Å².